The molecule has 2 N–H and O–H groups in total. The smallest absolute Gasteiger partial charge is 0.230 e. The van der Waals surface area contributed by atoms with Crippen LogP contribution >= 0.6 is 0 Å². The highest BCUT2D eigenvalue weighted by molar-refractivity contribution is 5.83. The van der Waals surface area contributed by atoms with E-state index >= 15 is 0 Å². The molecule has 1 saturated heterocycles. The van der Waals surface area contributed by atoms with E-state index in [1.807, 2.05) is 4.90 Å². The van der Waals surface area contributed by atoms with Gasteiger partial charge in [0.05, 0.1) is 12.0 Å². The number of aliphatic hydroxyl groups is 1. The molecule has 1 heterocycles. The quantitative estimate of drug-likeness (QED) is 0.724. The molecule has 106 valence electrons. The second kappa shape index (κ2) is 7.74. The Balaban J connectivity index is 2.78. The summed E-state index contributed by atoms with van der Waals surface area (Å²) in [6, 6.07) is 0. The molecule has 1 aliphatic heterocycles. The highest BCUT2D eigenvalue weighted by Gasteiger charge is 2.40. The van der Waals surface area contributed by atoms with Gasteiger partial charge in [0.1, 0.15) is 0 Å². The molecule has 1 fully saturated rings. The largest absolute Gasteiger partial charge is 0.395 e. The van der Waals surface area contributed by atoms with Gasteiger partial charge in [-0.2, -0.15) is 0 Å². The number of carbonyl (C=O) groups excluding carboxylic acids is 1. The molecule has 1 aliphatic rings. The van der Waals surface area contributed by atoms with E-state index in [9.17, 15) is 4.79 Å². The SMILES string of the molecule is CCCN(CCO)C(=O)C1(CCC)CCCNC1. The van der Waals surface area contributed by atoms with Crippen molar-refractivity contribution in [1.82, 2.24) is 10.2 Å². The highest BCUT2D eigenvalue weighted by Crippen LogP contribution is 2.33. The van der Waals surface area contributed by atoms with E-state index in [1.54, 1.807) is 0 Å². The minimum absolute atomic E-state index is 0.0569. The maximum atomic E-state index is 12.8. The number of amides is 1. The molecule has 1 unspecified atom stereocenters. The lowest BCUT2D eigenvalue weighted by Crippen LogP contribution is -2.52. The van der Waals surface area contributed by atoms with E-state index in [0.717, 1.165) is 51.7 Å². The van der Waals surface area contributed by atoms with Gasteiger partial charge >= 0.3 is 0 Å². The third-order valence-electron chi connectivity index (χ3n) is 3.81. The number of piperidine rings is 1. The standard InChI is InChI=1S/C14H28N2O2/c1-3-6-14(7-5-8-15-12-14)13(18)16(9-4-2)10-11-17/h15,17H,3-12H2,1-2H3. The lowest BCUT2D eigenvalue weighted by atomic mass is 9.75. The summed E-state index contributed by atoms with van der Waals surface area (Å²) in [5.74, 6) is 0.243. The molecule has 18 heavy (non-hydrogen) atoms. The molecule has 1 rings (SSSR count). The van der Waals surface area contributed by atoms with Gasteiger partial charge in [-0.3, -0.25) is 4.79 Å². The lowest BCUT2D eigenvalue weighted by Gasteiger charge is -2.40. The molecule has 0 bridgehead atoms. The van der Waals surface area contributed by atoms with Crippen molar-refractivity contribution in [2.75, 3.05) is 32.8 Å². The van der Waals surface area contributed by atoms with Crippen molar-refractivity contribution in [2.45, 2.75) is 46.0 Å². The van der Waals surface area contributed by atoms with Gasteiger partial charge in [-0.1, -0.05) is 20.3 Å². The number of carbonyl (C=O) groups is 1. The van der Waals surface area contributed by atoms with E-state index in [1.165, 1.54) is 0 Å². The van der Waals surface area contributed by atoms with E-state index < -0.39 is 0 Å². The summed E-state index contributed by atoms with van der Waals surface area (Å²) in [5, 5.41) is 12.5. The Morgan fingerprint density at radius 2 is 2.11 bits per heavy atom. The number of nitrogens with one attached hydrogen (secondary N) is 1. The first-order valence-corrected chi connectivity index (χ1v) is 7.31. The maximum absolute atomic E-state index is 12.8. The highest BCUT2D eigenvalue weighted by atomic mass is 16.3. The second-order valence-electron chi connectivity index (χ2n) is 5.33. The van der Waals surface area contributed by atoms with Crippen LogP contribution in [0.25, 0.3) is 0 Å². The summed E-state index contributed by atoms with van der Waals surface area (Å²) in [7, 11) is 0. The molecular formula is C14H28N2O2. The van der Waals surface area contributed by atoms with E-state index in [-0.39, 0.29) is 17.9 Å². The first-order valence-electron chi connectivity index (χ1n) is 7.31. The molecule has 1 amide bonds. The summed E-state index contributed by atoms with van der Waals surface area (Å²) in [6.45, 7) is 7.31. The Labute approximate surface area is 111 Å². The molecule has 0 aromatic carbocycles. The summed E-state index contributed by atoms with van der Waals surface area (Å²) >= 11 is 0. The van der Waals surface area contributed by atoms with Crippen molar-refractivity contribution in [3.05, 3.63) is 0 Å². The molecule has 4 heteroatoms. The zero-order valence-electron chi connectivity index (χ0n) is 11.9. The van der Waals surface area contributed by atoms with Crippen molar-refractivity contribution in [3.8, 4) is 0 Å². The Morgan fingerprint density at radius 1 is 1.33 bits per heavy atom. The van der Waals surface area contributed by atoms with Crippen LogP contribution in [-0.4, -0.2) is 48.7 Å². The normalized spacial score (nSPS) is 23.9. The van der Waals surface area contributed by atoms with Crippen LogP contribution < -0.4 is 5.32 Å². The summed E-state index contributed by atoms with van der Waals surface area (Å²) in [5.41, 5.74) is -0.225. The molecule has 0 spiro atoms. The Kier molecular flexibility index (Phi) is 6.65. The van der Waals surface area contributed by atoms with Crippen LogP contribution in [0.5, 0.6) is 0 Å². The molecule has 4 nitrogen and oxygen atoms in total. The van der Waals surface area contributed by atoms with Crippen LogP contribution in [0.3, 0.4) is 0 Å². The Morgan fingerprint density at radius 3 is 2.61 bits per heavy atom. The first kappa shape index (κ1) is 15.4. The van der Waals surface area contributed by atoms with Gasteiger partial charge < -0.3 is 15.3 Å². The van der Waals surface area contributed by atoms with Gasteiger partial charge in [0.15, 0.2) is 0 Å². The van der Waals surface area contributed by atoms with Crippen molar-refractivity contribution >= 4 is 5.91 Å². The maximum Gasteiger partial charge on any atom is 0.230 e. The predicted octanol–water partition coefficient (Wildman–Crippen LogP) is 1.39. The number of aliphatic hydroxyl groups excluding tert-OH is 1. The van der Waals surface area contributed by atoms with Crippen LogP contribution in [-0.2, 0) is 4.79 Å². The van der Waals surface area contributed by atoms with Gasteiger partial charge in [0.25, 0.3) is 0 Å². The zero-order valence-corrected chi connectivity index (χ0v) is 11.9. The van der Waals surface area contributed by atoms with Gasteiger partial charge in [0, 0.05) is 19.6 Å². The monoisotopic (exact) mass is 256 g/mol. The first-order chi connectivity index (χ1) is 8.70. The molecule has 0 aromatic heterocycles. The fourth-order valence-corrected chi connectivity index (χ4v) is 2.99. The van der Waals surface area contributed by atoms with Gasteiger partial charge in [-0.05, 0) is 32.2 Å². The average molecular weight is 256 g/mol. The molecular weight excluding hydrogens is 228 g/mol. The Bertz CT molecular complexity index is 239. The molecule has 0 radical (unpaired) electrons. The average Bonchev–Trinajstić information content (AvgIpc) is 2.39. The van der Waals surface area contributed by atoms with Gasteiger partial charge in [0.2, 0.25) is 5.91 Å². The van der Waals surface area contributed by atoms with Crippen LogP contribution in [0, 0.1) is 5.41 Å². The summed E-state index contributed by atoms with van der Waals surface area (Å²) in [6.07, 6.45) is 4.99. The molecule has 0 saturated carbocycles. The number of rotatable bonds is 7. The van der Waals surface area contributed by atoms with E-state index in [4.69, 9.17) is 5.11 Å². The third-order valence-corrected chi connectivity index (χ3v) is 3.81. The van der Waals surface area contributed by atoms with Crippen LogP contribution in [0.4, 0.5) is 0 Å². The minimum atomic E-state index is -0.225. The van der Waals surface area contributed by atoms with Crippen LogP contribution in [0.2, 0.25) is 0 Å². The van der Waals surface area contributed by atoms with Crippen molar-refractivity contribution in [2.24, 2.45) is 5.41 Å². The molecule has 0 aromatic rings. The van der Waals surface area contributed by atoms with Gasteiger partial charge in [-0.15, -0.1) is 0 Å². The topological polar surface area (TPSA) is 52.6 Å². The number of nitrogens with zero attached hydrogens (tertiary/aromatic N) is 1. The second-order valence-corrected chi connectivity index (χ2v) is 5.33. The zero-order chi connectivity index (χ0) is 13.4. The van der Waals surface area contributed by atoms with Crippen molar-refractivity contribution in [1.29, 1.82) is 0 Å². The fourth-order valence-electron chi connectivity index (χ4n) is 2.99. The molecule has 1 atom stereocenters. The fraction of sp³-hybridized carbons (Fsp3) is 0.929. The van der Waals surface area contributed by atoms with Crippen LogP contribution in [0.15, 0.2) is 0 Å². The number of hydrogen-bond acceptors (Lipinski definition) is 3. The van der Waals surface area contributed by atoms with Gasteiger partial charge in [-0.25, -0.2) is 0 Å². The third kappa shape index (κ3) is 3.69. The minimum Gasteiger partial charge on any atom is -0.395 e. The number of hydrogen-bond donors (Lipinski definition) is 2. The van der Waals surface area contributed by atoms with Crippen LogP contribution in [0.1, 0.15) is 46.0 Å². The van der Waals surface area contributed by atoms with E-state index in [0.29, 0.717) is 6.54 Å². The molecule has 0 aliphatic carbocycles. The summed E-state index contributed by atoms with van der Waals surface area (Å²) < 4.78 is 0. The predicted molar refractivity (Wildman–Crippen MR) is 73.4 cm³/mol. The van der Waals surface area contributed by atoms with Crippen molar-refractivity contribution in [3.63, 3.8) is 0 Å². The summed E-state index contributed by atoms with van der Waals surface area (Å²) in [4.78, 5) is 14.6. The van der Waals surface area contributed by atoms with Crippen molar-refractivity contribution < 1.29 is 9.90 Å². The Hall–Kier alpha value is -0.610. The lowest BCUT2D eigenvalue weighted by molar-refractivity contribution is -0.144. The van der Waals surface area contributed by atoms with E-state index in [2.05, 4.69) is 19.2 Å².